The van der Waals surface area contributed by atoms with Gasteiger partial charge in [0.25, 0.3) is 5.91 Å². The van der Waals surface area contributed by atoms with Crippen molar-refractivity contribution in [3.05, 3.63) is 23.9 Å². The SMILES string of the molecule is COc1ccc(C(=O)N(C)C(C)(C)CO)cn1. The second kappa shape index (κ2) is 5.14. The lowest BCUT2D eigenvalue weighted by molar-refractivity contribution is 0.0473. The Hall–Kier alpha value is -1.62. The lowest BCUT2D eigenvalue weighted by Crippen LogP contribution is -2.47. The van der Waals surface area contributed by atoms with E-state index in [0.717, 1.165) is 0 Å². The lowest BCUT2D eigenvalue weighted by Gasteiger charge is -2.33. The summed E-state index contributed by atoms with van der Waals surface area (Å²) in [6.07, 6.45) is 1.46. The monoisotopic (exact) mass is 238 g/mol. The van der Waals surface area contributed by atoms with Crippen molar-refractivity contribution in [1.29, 1.82) is 0 Å². The van der Waals surface area contributed by atoms with Crippen LogP contribution < -0.4 is 4.74 Å². The standard InChI is InChI=1S/C12H18N2O3/c1-12(2,8-15)14(3)11(16)9-5-6-10(17-4)13-7-9/h5-7,15H,8H2,1-4H3. The molecular weight excluding hydrogens is 220 g/mol. The molecule has 0 atom stereocenters. The third-order valence-corrected chi connectivity index (χ3v) is 2.79. The molecule has 1 amide bonds. The predicted octanol–water partition coefficient (Wildman–Crippen LogP) is 0.933. The number of likely N-dealkylation sites (N-methyl/N-ethyl adjacent to an activating group) is 1. The zero-order valence-corrected chi connectivity index (χ0v) is 10.6. The number of hydrogen-bond acceptors (Lipinski definition) is 4. The first-order chi connectivity index (χ1) is 7.92. The van der Waals surface area contributed by atoms with E-state index in [1.807, 2.05) is 0 Å². The van der Waals surface area contributed by atoms with Gasteiger partial charge in [0, 0.05) is 19.3 Å². The second-order valence-electron chi connectivity index (χ2n) is 4.42. The molecular formula is C12H18N2O3. The van der Waals surface area contributed by atoms with Crippen LogP contribution >= 0.6 is 0 Å². The molecule has 0 aromatic carbocycles. The molecule has 0 saturated heterocycles. The molecule has 0 aliphatic carbocycles. The Morgan fingerprint density at radius 1 is 1.53 bits per heavy atom. The number of hydrogen-bond donors (Lipinski definition) is 1. The van der Waals surface area contributed by atoms with Gasteiger partial charge in [-0.05, 0) is 19.9 Å². The van der Waals surface area contributed by atoms with E-state index in [0.29, 0.717) is 11.4 Å². The summed E-state index contributed by atoms with van der Waals surface area (Å²) in [4.78, 5) is 17.6. The maximum atomic E-state index is 12.1. The van der Waals surface area contributed by atoms with Crippen LogP contribution in [0.25, 0.3) is 0 Å². The Labute approximate surface area is 101 Å². The molecule has 0 bridgehead atoms. The van der Waals surface area contributed by atoms with E-state index >= 15 is 0 Å². The van der Waals surface area contributed by atoms with Gasteiger partial charge in [0.1, 0.15) is 0 Å². The quantitative estimate of drug-likeness (QED) is 0.847. The molecule has 1 heterocycles. The van der Waals surface area contributed by atoms with Gasteiger partial charge in [-0.1, -0.05) is 0 Å². The first kappa shape index (κ1) is 13.4. The number of ether oxygens (including phenoxy) is 1. The Morgan fingerprint density at radius 3 is 2.59 bits per heavy atom. The van der Waals surface area contributed by atoms with E-state index in [9.17, 15) is 9.90 Å². The van der Waals surface area contributed by atoms with Crippen LogP contribution in [0, 0.1) is 0 Å². The third kappa shape index (κ3) is 2.94. The van der Waals surface area contributed by atoms with Gasteiger partial charge in [0.05, 0.1) is 24.8 Å². The van der Waals surface area contributed by atoms with Crippen molar-refractivity contribution in [3.63, 3.8) is 0 Å². The molecule has 1 rings (SSSR count). The van der Waals surface area contributed by atoms with E-state index in [-0.39, 0.29) is 12.5 Å². The van der Waals surface area contributed by atoms with Crippen LogP contribution in [0.3, 0.4) is 0 Å². The normalized spacial score (nSPS) is 11.1. The van der Waals surface area contributed by atoms with Crippen molar-refractivity contribution in [2.45, 2.75) is 19.4 Å². The first-order valence-corrected chi connectivity index (χ1v) is 5.31. The molecule has 5 heteroatoms. The number of pyridine rings is 1. The number of rotatable bonds is 4. The van der Waals surface area contributed by atoms with Crippen LogP contribution in [0.2, 0.25) is 0 Å². The number of aliphatic hydroxyl groups excluding tert-OH is 1. The topological polar surface area (TPSA) is 62.7 Å². The molecule has 1 N–H and O–H groups in total. The Kier molecular flexibility index (Phi) is 4.07. The lowest BCUT2D eigenvalue weighted by atomic mass is 10.0. The number of aliphatic hydroxyl groups is 1. The number of amides is 1. The average molecular weight is 238 g/mol. The number of carbonyl (C=O) groups excluding carboxylic acids is 1. The summed E-state index contributed by atoms with van der Waals surface area (Å²) >= 11 is 0. The minimum atomic E-state index is -0.600. The molecule has 5 nitrogen and oxygen atoms in total. The van der Waals surface area contributed by atoms with E-state index in [2.05, 4.69) is 4.98 Å². The first-order valence-electron chi connectivity index (χ1n) is 5.31. The molecule has 94 valence electrons. The summed E-state index contributed by atoms with van der Waals surface area (Å²) in [5, 5.41) is 9.21. The van der Waals surface area contributed by atoms with E-state index < -0.39 is 5.54 Å². The summed E-state index contributed by atoms with van der Waals surface area (Å²) in [7, 11) is 3.17. The minimum absolute atomic E-state index is 0.0984. The fourth-order valence-electron chi connectivity index (χ4n) is 1.20. The molecule has 0 radical (unpaired) electrons. The highest BCUT2D eigenvalue weighted by atomic mass is 16.5. The van der Waals surface area contributed by atoms with Gasteiger partial charge in [-0.2, -0.15) is 0 Å². The van der Waals surface area contributed by atoms with Crippen molar-refractivity contribution in [2.75, 3.05) is 20.8 Å². The molecule has 0 saturated carbocycles. The molecule has 1 aromatic heterocycles. The van der Waals surface area contributed by atoms with Crippen LogP contribution in [0.4, 0.5) is 0 Å². The van der Waals surface area contributed by atoms with E-state index in [1.165, 1.54) is 18.2 Å². The minimum Gasteiger partial charge on any atom is -0.481 e. The molecule has 0 aliphatic rings. The van der Waals surface area contributed by atoms with Crippen molar-refractivity contribution in [1.82, 2.24) is 9.88 Å². The number of nitrogens with zero attached hydrogens (tertiary/aromatic N) is 2. The van der Waals surface area contributed by atoms with Gasteiger partial charge < -0.3 is 14.7 Å². The summed E-state index contributed by atoms with van der Waals surface area (Å²) < 4.78 is 4.92. The summed E-state index contributed by atoms with van der Waals surface area (Å²) in [5.74, 6) is 0.282. The highest BCUT2D eigenvalue weighted by Crippen LogP contribution is 2.16. The van der Waals surface area contributed by atoms with Gasteiger partial charge in [-0.15, -0.1) is 0 Å². The number of methoxy groups -OCH3 is 1. The largest absolute Gasteiger partial charge is 0.481 e. The zero-order chi connectivity index (χ0) is 13.1. The molecule has 17 heavy (non-hydrogen) atoms. The fraction of sp³-hybridized carbons (Fsp3) is 0.500. The van der Waals surface area contributed by atoms with Crippen LogP contribution in [0.1, 0.15) is 24.2 Å². The molecule has 0 aliphatic heterocycles. The molecule has 0 fully saturated rings. The number of aromatic nitrogens is 1. The highest BCUT2D eigenvalue weighted by Gasteiger charge is 2.27. The summed E-state index contributed by atoms with van der Waals surface area (Å²) in [5.41, 5.74) is -0.133. The highest BCUT2D eigenvalue weighted by molar-refractivity contribution is 5.94. The van der Waals surface area contributed by atoms with Crippen LogP contribution in [0.5, 0.6) is 5.88 Å². The fourth-order valence-corrected chi connectivity index (χ4v) is 1.20. The van der Waals surface area contributed by atoms with Gasteiger partial charge >= 0.3 is 0 Å². The predicted molar refractivity (Wildman–Crippen MR) is 64.0 cm³/mol. The van der Waals surface area contributed by atoms with Crippen molar-refractivity contribution < 1.29 is 14.6 Å². The van der Waals surface area contributed by atoms with Crippen molar-refractivity contribution in [2.24, 2.45) is 0 Å². The van der Waals surface area contributed by atoms with Gasteiger partial charge in [-0.3, -0.25) is 4.79 Å². The smallest absolute Gasteiger partial charge is 0.255 e. The molecule has 0 spiro atoms. The number of carbonyl (C=O) groups is 1. The maximum absolute atomic E-state index is 12.1. The Bertz CT molecular complexity index is 387. The van der Waals surface area contributed by atoms with Crippen LogP contribution in [0.15, 0.2) is 18.3 Å². The van der Waals surface area contributed by atoms with E-state index in [1.54, 1.807) is 33.0 Å². The maximum Gasteiger partial charge on any atom is 0.255 e. The third-order valence-electron chi connectivity index (χ3n) is 2.79. The summed E-state index contributed by atoms with van der Waals surface area (Å²) in [6.45, 7) is 3.49. The van der Waals surface area contributed by atoms with E-state index in [4.69, 9.17) is 4.74 Å². The Balaban J connectivity index is 2.89. The second-order valence-corrected chi connectivity index (χ2v) is 4.42. The van der Waals surface area contributed by atoms with Crippen LogP contribution in [-0.4, -0.2) is 47.2 Å². The van der Waals surface area contributed by atoms with Crippen LogP contribution in [-0.2, 0) is 0 Å². The molecule has 0 unspecified atom stereocenters. The van der Waals surface area contributed by atoms with Crippen molar-refractivity contribution >= 4 is 5.91 Å². The van der Waals surface area contributed by atoms with Crippen molar-refractivity contribution in [3.8, 4) is 5.88 Å². The Morgan fingerprint density at radius 2 is 2.18 bits per heavy atom. The molecule has 1 aromatic rings. The van der Waals surface area contributed by atoms with Gasteiger partial charge in [0.15, 0.2) is 0 Å². The zero-order valence-electron chi connectivity index (χ0n) is 10.6. The van der Waals surface area contributed by atoms with Gasteiger partial charge in [-0.25, -0.2) is 4.98 Å². The summed E-state index contributed by atoms with van der Waals surface area (Å²) in [6, 6.07) is 3.28. The van der Waals surface area contributed by atoms with Gasteiger partial charge in [0.2, 0.25) is 5.88 Å². The average Bonchev–Trinajstić information content (AvgIpc) is 2.37.